The predicted molar refractivity (Wildman–Crippen MR) is 77.3 cm³/mol. The molecule has 1 amide bonds. The van der Waals surface area contributed by atoms with Crippen LogP contribution in [0.4, 0.5) is 0 Å². The summed E-state index contributed by atoms with van der Waals surface area (Å²) >= 11 is 0. The van der Waals surface area contributed by atoms with Crippen LogP contribution in [0.15, 0.2) is 0 Å². The summed E-state index contributed by atoms with van der Waals surface area (Å²) in [5.41, 5.74) is -1.10. The largest absolute Gasteiger partial charge is 0.395 e. The fraction of sp³-hybridized carbons (Fsp3) is 0.933. The molecule has 1 heterocycles. The zero-order valence-electron chi connectivity index (χ0n) is 12.3. The Bertz CT molecular complexity index is 316. The van der Waals surface area contributed by atoms with Gasteiger partial charge in [0.1, 0.15) is 5.60 Å². The fourth-order valence-corrected chi connectivity index (χ4v) is 3.39. The summed E-state index contributed by atoms with van der Waals surface area (Å²) in [5, 5.41) is 22.2. The monoisotopic (exact) mass is 284 g/mol. The highest BCUT2D eigenvalue weighted by atomic mass is 16.3. The average molecular weight is 284 g/mol. The van der Waals surface area contributed by atoms with Gasteiger partial charge in [0.05, 0.1) is 6.61 Å². The summed E-state index contributed by atoms with van der Waals surface area (Å²) in [6.07, 6.45) is 7.32. The van der Waals surface area contributed by atoms with Crippen molar-refractivity contribution in [3.63, 3.8) is 0 Å². The van der Waals surface area contributed by atoms with Gasteiger partial charge in [-0.2, -0.15) is 0 Å². The van der Waals surface area contributed by atoms with Gasteiger partial charge in [-0.05, 0) is 64.5 Å². The minimum Gasteiger partial charge on any atom is -0.395 e. The van der Waals surface area contributed by atoms with E-state index < -0.39 is 5.60 Å². The zero-order chi connectivity index (χ0) is 14.4. The van der Waals surface area contributed by atoms with Crippen LogP contribution >= 0.6 is 0 Å². The minimum atomic E-state index is -1.10. The summed E-state index contributed by atoms with van der Waals surface area (Å²) in [6, 6.07) is 0.337. The molecule has 1 aliphatic carbocycles. The molecule has 0 radical (unpaired) electrons. The van der Waals surface area contributed by atoms with Crippen LogP contribution in [-0.2, 0) is 4.79 Å². The Morgan fingerprint density at radius 1 is 1.25 bits per heavy atom. The summed E-state index contributed by atoms with van der Waals surface area (Å²) in [4.78, 5) is 14.2. The van der Waals surface area contributed by atoms with Gasteiger partial charge in [-0.15, -0.1) is 0 Å². The Labute approximate surface area is 121 Å². The van der Waals surface area contributed by atoms with Crippen LogP contribution < -0.4 is 5.32 Å². The van der Waals surface area contributed by atoms with Crippen molar-refractivity contribution in [3.8, 4) is 0 Å². The molecule has 2 aliphatic rings. The van der Waals surface area contributed by atoms with E-state index in [0.29, 0.717) is 25.4 Å². The van der Waals surface area contributed by atoms with Crippen LogP contribution in [0.25, 0.3) is 0 Å². The Morgan fingerprint density at radius 2 is 2.00 bits per heavy atom. The Balaban J connectivity index is 1.56. The van der Waals surface area contributed by atoms with E-state index in [1.165, 1.54) is 6.42 Å². The number of hydrogen-bond donors (Lipinski definition) is 3. The molecule has 5 heteroatoms. The molecular formula is C15H28N2O3. The quantitative estimate of drug-likeness (QED) is 0.600. The standard InChI is InChI=1S/C15H28N2O3/c18-12-13-6-5-11-17(13)10-4-3-9-16-14(19)15(20)7-1-2-8-15/h13,18,20H,1-12H2,(H,16,19). The molecule has 1 atom stereocenters. The number of amides is 1. The number of nitrogens with one attached hydrogen (secondary N) is 1. The summed E-state index contributed by atoms with van der Waals surface area (Å²) in [5.74, 6) is -0.190. The van der Waals surface area contributed by atoms with Gasteiger partial charge >= 0.3 is 0 Å². The van der Waals surface area contributed by atoms with Gasteiger partial charge in [0.15, 0.2) is 0 Å². The Kier molecular flexibility index (Phi) is 5.81. The molecule has 2 fully saturated rings. The molecule has 1 unspecified atom stereocenters. The van der Waals surface area contributed by atoms with Gasteiger partial charge in [-0.25, -0.2) is 0 Å². The molecule has 1 saturated heterocycles. The SMILES string of the molecule is O=C(NCCCCN1CCCC1CO)C1(O)CCCC1. The lowest BCUT2D eigenvalue weighted by Crippen LogP contribution is -2.45. The van der Waals surface area contributed by atoms with Gasteiger partial charge in [0.2, 0.25) is 0 Å². The number of carbonyl (C=O) groups excluding carboxylic acids is 1. The lowest BCUT2D eigenvalue weighted by molar-refractivity contribution is -0.139. The van der Waals surface area contributed by atoms with Gasteiger partial charge in [0, 0.05) is 12.6 Å². The van der Waals surface area contributed by atoms with E-state index in [1.807, 2.05) is 0 Å². The highest BCUT2D eigenvalue weighted by Crippen LogP contribution is 2.29. The normalized spacial score (nSPS) is 26.0. The first-order valence-electron chi connectivity index (χ1n) is 8.01. The van der Waals surface area contributed by atoms with Gasteiger partial charge < -0.3 is 15.5 Å². The van der Waals surface area contributed by atoms with Crippen molar-refractivity contribution in [2.45, 2.75) is 63.0 Å². The third-order valence-electron chi connectivity index (χ3n) is 4.72. The number of carbonyl (C=O) groups is 1. The molecule has 116 valence electrons. The Hall–Kier alpha value is -0.650. The molecule has 3 N–H and O–H groups in total. The number of likely N-dealkylation sites (tertiary alicyclic amines) is 1. The molecule has 0 aromatic heterocycles. The molecule has 5 nitrogen and oxygen atoms in total. The van der Waals surface area contributed by atoms with Gasteiger partial charge in [-0.3, -0.25) is 9.69 Å². The molecule has 0 bridgehead atoms. The third-order valence-corrected chi connectivity index (χ3v) is 4.72. The molecular weight excluding hydrogens is 256 g/mol. The van der Waals surface area contributed by atoms with Crippen LogP contribution in [0.2, 0.25) is 0 Å². The fourth-order valence-electron chi connectivity index (χ4n) is 3.39. The zero-order valence-corrected chi connectivity index (χ0v) is 12.3. The number of aliphatic hydroxyl groups is 2. The Morgan fingerprint density at radius 3 is 2.70 bits per heavy atom. The van der Waals surface area contributed by atoms with Crippen molar-refractivity contribution < 1.29 is 15.0 Å². The maximum Gasteiger partial charge on any atom is 0.251 e. The molecule has 0 spiro atoms. The van der Waals surface area contributed by atoms with Crippen LogP contribution in [0.1, 0.15) is 51.4 Å². The van der Waals surface area contributed by atoms with Crippen molar-refractivity contribution in [1.29, 1.82) is 0 Å². The molecule has 0 aromatic carbocycles. The van der Waals surface area contributed by atoms with E-state index in [0.717, 1.165) is 45.2 Å². The lowest BCUT2D eigenvalue weighted by Gasteiger charge is -2.23. The number of unbranched alkanes of at least 4 members (excludes halogenated alkanes) is 1. The number of hydrogen-bond acceptors (Lipinski definition) is 4. The van der Waals surface area contributed by atoms with E-state index in [-0.39, 0.29) is 12.5 Å². The van der Waals surface area contributed by atoms with E-state index in [9.17, 15) is 15.0 Å². The first kappa shape index (κ1) is 15.7. The topological polar surface area (TPSA) is 72.8 Å². The van der Waals surface area contributed by atoms with Crippen LogP contribution in [0, 0.1) is 0 Å². The highest BCUT2D eigenvalue weighted by molar-refractivity contribution is 5.85. The molecule has 0 aromatic rings. The van der Waals surface area contributed by atoms with Gasteiger partial charge in [-0.1, -0.05) is 0 Å². The van der Waals surface area contributed by atoms with Crippen LogP contribution in [0.3, 0.4) is 0 Å². The highest BCUT2D eigenvalue weighted by Gasteiger charge is 2.38. The third kappa shape index (κ3) is 3.93. The van der Waals surface area contributed by atoms with Gasteiger partial charge in [0.25, 0.3) is 5.91 Å². The van der Waals surface area contributed by atoms with Crippen molar-refractivity contribution in [2.24, 2.45) is 0 Å². The maximum atomic E-state index is 11.9. The van der Waals surface area contributed by atoms with E-state index in [1.54, 1.807) is 0 Å². The maximum absolute atomic E-state index is 11.9. The van der Waals surface area contributed by atoms with Crippen molar-refractivity contribution >= 4 is 5.91 Å². The van der Waals surface area contributed by atoms with E-state index in [2.05, 4.69) is 10.2 Å². The molecule has 1 saturated carbocycles. The number of nitrogens with zero attached hydrogens (tertiary/aromatic N) is 1. The second-order valence-electron chi connectivity index (χ2n) is 6.22. The minimum absolute atomic E-state index is 0.190. The van der Waals surface area contributed by atoms with E-state index in [4.69, 9.17) is 0 Å². The lowest BCUT2D eigenvalue weighted by atomic mass is 10.0. The number of rotatable bonds is 7. The second kappa shape index (κ2) is 7.38. The molecule has 1 aliphatic heterocycles. The first-order chi connectivity index (χ1) is 9.65. The number of aliphatic hydroxyl groups excluding tert-OH is 1. The summed E-state index contributed by atoms with van der Waals surface area (Å²) in [6.45, 7) is 2.96. The van der Waals surface area contributed by atoms with Crippen molar-refractivity contribution in [1.82, 2.24) is 10.2 Å². The predicted octanol–water partition coefficient (Wildman–Crippen LogP) is 0.645. The molecule has 20 heavy (non-hydrogen) atoms. The smallest absolute Gasteiger partial charge is 0.251 e. The molecule has 2 rings (SSSR count). The van der Waals surface area contributed by atoms with E-state index >= 15 is 0 Å². The van der Waals surface area contributed by atoms with Crippen molar-refractivity contribution in [3.05, 3.63) is 0 Å². The average Bonchev–Trinajstić information content (AvgIpc) is 3.07. The summed E-state index contributed by atoms with van der Waals surface area (Å²) in [7, 11) is 0. The van der Waals surface area contributed by atoms with Crippen LogP contribution in [0.5, 0.6) is 0 Å². The first-order valence-corrected chi connectivity index (χ1v) is 8.01. The second-order valence-corrected chi connectivity index (χ2v) is 6.22. The van der Waals surface area contributed by atoms with Crippen LogP contribution in [-0.4, -0.2) is 58.9 Å². The summed E-state index contributed by atoms with van der Waals surface area (Å²) < 4.78 is 0. The van der Waals surface area contributed by atoms with Crippen molar-refractivity contribution in [2.75, 3.05) is 26.2 Å².